The Hall–Kier alpha value is -1.55. The molecule has 0 radical (unpaired) electrons. The van der Waals surface area contributed by atoms with E-state index in [0.717, 1.165) is 5.56 Å². The molecule has 1 unspecified atom stereocenters. The molecular formula is C12H15NO3. The first-order chi connectivity index (χ1) is 7.83. The van der Waals surface area contributed by atoms with E-state index in [1.54, 1.807) is 4.90 Å². The predicted octanol–water partition coefficient (Wildman–Crippen LogP) is 1.56. The van der Waals surface area contributed by atoms with Crippen molar-refractivity contribution in [2.45, 2.75) is 12.5 Å². The van der Waals surface area contributed by atoms with E-state index in [4.69, 9.17) is 9.84 Å². The standard InChI is InChI=1S/C12H15NO3/c14-8-4-7-13-11(9-16-12(13)15)10-5-2-1-3-6-10/h1-3,5-6,11,14H,4,7-9H2. The lowest BCUT2D eigenvalue weighted by Gasteiger charge is -2.21. The molecule has 0 aromatic heterocycles. The van der Waals surface area contributed by atoms with Crippen molar-refractivity contribution in [1.29, 1.82) is 0 Å². The summed E-state index contributed by atoms with van der Waals surface area (Å²) in [6.45, 7) is 1.02. The SMILES string of the molecule is O=C1OCC(c2ccccc2)N1CCCO. The van der Waals surface area contributed by atoms with Crippen LogP contribution in [-0.2, 0) is 4.74 Å². The number of ether oxygens (including phenoxy) is 1. The van der Waals surface area contributed by atoms with Gasteiger partial charge < -0.3 is 9.84 Å². The first kappa shape index (κ1) is 11.0. The molecule has 1 aromatic rings. The normalized spacial score (nSPS) is 19.9. The van der Waals surface area contributed by atoms with Gasteiger partial charge in [0.1, 0.15) is 6.61 Å². The zero-order valence-electron chi connectivity index (χ0n) is 9.00. The summed E-state index contributed by atoms with van der Waals surface area (Å²) in [6.07, 6.45) is 0.292. The van der Waals surface area contributed by atoms with Gasteiger partial charge in [0.25, 0.3) is 0 Å². The van der Waals surface area contributed by atoms with E-state index in [0.29, 0.717) is 19.6 Å². The molecule has 0 aliphatic carbocycles. The second-order valence-electron chi connectivity index (χ2n) is 3.77. The minimum Gasteiger partial charge on any atom is -0.447 e. The molecule has 1 saturated heterocycles. The molecule has 86 valence electrons. The maximum Gasteiger partial charge on any atom is 0.410 e. The Labute approximate surface area is 94.4 Å². The van der Waals surface area contributed by atoms with E-state index >= 15 is 0 Å². The number of rotatable bonds is 4. The van der Waals surface area contributed by atoms with Gasteiger partial charge in [-0.1, -0.05) is 30.3 Å². The van der Waals surface area contributed by atoms with Crippen LogP contribution in [0.4, 0.5) is 4.79 Å². The van der Waals surface area contributed by atoms with Gasteiger partial charge in [-0.25, -0.2) is 4.79 Å². The Bertz CT molecular complexity index is 353. The lowest BCUT2D eigenvalue weighted by atomic mass is 10.1. The quantitative estimate of drug-likeness (QED) is 0.839. The Balaban J connectivity index is 2.11. The zero-order valence-corrected chi connectivity index (χ0v) is 9.00. The minimum atomic E-state index is -0.290. The van der Waals surface area contributed by atoms with Gasteiger partial charge in [0.05, 0.1) is 6.04 Å². The molecule has 1 N–H and O–H groups in total. The van der Waals surface area contributed by atoms with Gasteiger partial charge in [-0.2, -0.15) is 0 Å². The number of aliphatic hydroxyl groups excluding tert-OH is 1. The number of carbonyl (C=O) groups is 1. The summed E-state index contributed by atoms with van der Waals surface area (Å²) < 4.78 is 5.03. The Kier molecular flexibility index (Phi) is 3.41. The van der Waals surface area contributed by atoms with Crippen LogP contribution in [0.1, 0.15) is 18.0 Å². The molecule has 1 aliphatic heterocycles. The van der Waals surface area contributed by atoms with Crippen LogP contribution in [-0.4, -0.2) is 35.9 Å². The zero-order chi connectivity index (χ0) is 11.4. The molecule has 1 aliphatic rings. The highest BCUT2D eigenvalue weighted by Gasteiger charge is 2.33. The Morgan fingerprint density at radius 3 is 2.81 bits per heavy atom. The number of benzene rings is 1. The summed E-state index contributed by atoms with van der Waals surface area (Å²) in [5.41, 5.74) is 1.08. The summed E-state index contributed by atoms with van der Waals surface area (Å²) in [6, 6.07) is 9.79. The number of cyclic esters (lactones) is 1. The van der Waals surface area contributed by atoms with Crippen molar-refractivity contribution in [1.82, 2.24) is 4.90 Å². The van der Waals surface area contributed by atoms with Crippen molar-refractivity contribution < 1.29 is 14.6 Å². The van der Waals surface area contributed by atoms with Crippen molar-refractivity contribution >= 4 is 6.09 Å². The average molecular weight is 221 g/mol. The third-order valence-corrected chi connectivity index (χ3v) is 2.72. The van der Waals surface area contributed by atoms with Crippen LogP contribution in [0.25, 0.3) is 0 Å². The van der Waals surface area contributed by atoms with Gasteiger partial charge in [-0.15, -0.1) is 0 Å². The molecule has 1 fully saturated rings. The van der Waals surface area contributed by atoms with Crippen molar-refractivity contribution in [3.8, 4) is 0 Å². The molecule has 4 heteroatoms. The first-order valence-electron chi connectivity index (χ1n) is 5.42. The molecule has 0 saturated carbocycles. The molecule has 0 bridgehead atoms. The Morgan fingerprint density at radius 2 is 2.12 bits per heavy atom. The van der Waals surface area contributed by atoms with Crippen molar-refractivity contribution in [3.63, 3.8) is 0 Å². The average Bonchev–Trinajstić information content (AvgIpc) is 2.69. The predicted molar refractivity (Wildman–Crippen MR) is 58.9 cm³/mol. The van der Waals surface area contributed by atoms with E-state index in [-0.39, 0.29) is 18.7 Å². The van der Waals surface area contributed by atoms with Gasteiger partial charge in [-0.05, 0) is 12.0 Å². The van der Waals surface area contributed by atoms with E-state index in [1.165, 1.54) is 0 Å². The van der Waals surface area contributed by atoms with Crippen LogP contribution < -0.4 is 0 Å². The lowest BCUT2D eigenvalue weighted by molar-refractivity contribution is 0.154. The van der Waals surface area contributed by atoms with Crippen LogP contribution in [0, 0.1) is 0 Å². The fourth-order valence-electron chi connectivity index (χ4n) is 1.89. The second-order valence-corrected chi connectivity index (χ2v) is 3.77. The van der Waals surface area contributed by atoms with E-state index < -0.39 is 0 Å². The van der Waals surface area contributed by atoms with E-state index in [1.807, 2.05) is 30.3 Å². The highest BCUT2D eigenvalue weighted by atomic mass is 16.6. The van der Waals surface area contributed by atoms with Crippen LogP contribution in [0.15, 0.2) is 30.3 Å². The van der Waals surface area contributed by atoms with Crippen molar-refractivity contribution in [2.75, 3.05) is 19.8 Å². The monoisotopic (exact) mass is 221 g/mol. The largest absolute Gasteiger partial charge is 0.447 e. The number of nitrogens with zero attached hydrogens (tertiary/aromatic N) is 1. The topological polar surface area (TPSA) is 49.8 Å². The molecule has 0 spiro atoms. The summed E-state index contributed by atoms with van der Waals surface area (Å²) in [7, 11) is 0. The second kappa shape index (κ2) is 4.99. The summed E-state index contributed by atoms with van der Waals surface area (Å²) in [4.78, 5) is 13.2. The van der Waals surface area contributed by atoms with Crippen molar-refractivity contribution in [2.24, 2.45) is 0 Å². The lowest BCUT2D eigenvalue weighted by Crippen LogP contribution is -2.29. The molecule has 1 amide bonds. The van der Waals surface area contributed by atoms with Gasteiger partial charge in [-0.3, -0.25) is 4.90 Å². The van der Waals surface area contributed by atoms with E-state index in [9.17, 15) is 4.79 Å². The first-order valence-corrected chi connectivity index (χ1v) is 5.42. The fraction of sp³-hybridized carbons (Fsp3) is 0.417. The number of hydrogen-bond donors (Lipinski definition) is 1. The summed E-state index contributed by atoms with van der Waals surface area (Å²) in [5.74, 6) is 0. The third-order valence-electron chi connectivity index (χ3n) is 2.72. The molecule has 16 heavy (non-hydrogen) atoms. The molecule has 4 nitrogen and oxygen atoms in total. The van der Waals surface area contributed by atoms with Gasteiger partial charge >= 0.3 is 6.09 Å². The van der Waals surface area contributed by atoms with Gasteiger partial charge in [0.15, 0.2) is 0 Å². The smallest absolute Gasteiger partial charge is 0.410 e. The summed E-state index contributed by atoms with van der Waals surface area (Å²) >= 11 is 0. The molecule has 1 heterocycles. The van der Waals surface area contributed by atoms with Gasteiger partial charge in [0, 0.05) is 13.2 Å². The van der Waals surface area contributed by atoms with E-state index in [2.05, 4.69) is 0 Å². The van der Waals surface area contributed by atoms with Crippen LogP contribution in [0.2, 0.25) is 0 Å². The molecule has 2 rings (SSSR count). The highest BCUT2D eigenvalue weighted by Crippen LogP contribution is 2.27. The summed E-state index contributed by atoms with van der Waals surface area (Å²) in [5, 5.41) is 8.79. The molecule has 1 aromatic carbocycles. The maximum atomic E-state index is 11.5. The Morgan fingerprint density at radius 1 is 1.38 bits per heavy atom. The number of amides is 1. The third kappa shape index (κ3) is 2.17. The van der Waals surface area contributed by atoms with Gasteiger partial charge in [0.2, 0.25) is 0 Å². The fourth-order valence-corrected chi connectivity index (χ4v) is 1.89. The number of hydrogen-bond acceptors (Lipinski definition) is 3. The maximum absolute atomic E-state index is 11.5. The highest BCUT2D eigenvalue weighted by molar-refractivity contribution is 5.70. The molecular weight excluding hydrogens is 206 g/mol. The van der Waals surface area contributed by atoms with Crippen molar-refractivity contribution in [3.05, 3.63) is 35.9 Å². The minimum absolute atomic E-state index is 0.0137. The number of aliphatic hydroxyl groups is 1. The van der Waals surface area contributed by atoms with Crippen LogP contribution in [0.3, 0.4) is 0 Å². The van der Waals surface area contributed by atoms with Crippen LogP contribution >= 0.6 is 0 Å². The molecule has 1 atom stereocenters. The number of carbonyl (C=O) groups excluding carboxylic acids is 1. The van der Waals surface area contributed by atoms with Crippen LogP contribution in [0.5, 0.6) is 0 Å².